The van der Waals surface area contributed by atoms with Crippen LogP contribution in [0.15, 0.2) is 4.63 Å². The van der Waals surface area contributed by atoms with Gasteiger partial charge in [-0.25, -0.2) is 4.63 Å². The quantitative estimate of drug-likeness (QED) is 0.752. The molecule has 0 fully saturated rings. The average molecular weight is 184 g/mol. The molecule has 0 saturated heterocycles. The van der Waals surface area contributed by atoms with Crippen LogP contribution in [0, 0.1) is 6.92 Å². The van der Waals surface area contributed by atoms with Gasteiger partial charge in [-0.2, -0.15) is 0 Å². The van der Waals surface area contributed by atoms with Gasteiger partial charge in [-0.05, 0) is 26.2 Å². The van der Waals surface area contributed by atoms with Gasteiger partial charge in [0.1, 0.15) is 11.4 Å². The Kier molecular flexibility index (Phi) is 3.89. The monoisotopic (exact) mass is 184 g/mol. The molecule has 1 aromatic rings. The van der Waals surface area contributed by atoms with Gasteiger partial charge in [-0.15, -0.1) is 0 Å². The van der Waals surface area contributed by atoms with Crippen LogP contribution >= 0.6 is 0 Å². The fourth-order valence-electron chi connectivity index (χ4n) is 1.26. The van der Waals surface area contributed by atoms with E-state index in [-0.39, 0.29) is 6.10 Å². The van der Waals surface area contributed by atoms with E-state index in [1.807, 2.05) is 6.92 Å². The molecule has 13 heavy (non-hydrogen) atoms. The first kappa shape index (κ1) is 10.2. The third kappa shape index (κ3) is 3.14. The normalized spacial score (nSPS) is 13.2. The number of aliphatic hydroxyl groups is 1. The number of aryl methyl sites for hydroxylation is 2. The van der Waals surface area contributed by atoms with Crippen LogP contribution in [0.4, 0.5) is 0 Å². The minimum atomic E-state index is -0.221. The molecular weight excluding hydrogens is 168 g/mol. The Bertz CT molecular complexity index is 248. The molecule has 1 N–H and O–H groups in total. The van der Waals surface area contributed by atoms with Crippen molar-refractivity contribution < 1.29 is 9.74 Å². The Hall–Kier alpha value is -0.900. The average Bonchev–Trinajstić information content (AvgIpc) is 2.48. The molecule has 1 atom stereocenters. The standard InChI is InChI=1S/C9H16N2O2/c1-3-4-8(12)5-6-9-7(2)10-13-11-9/h8,12H,3-6H2,1-2H3. The summed E-state index contributed by atoms with van der Waals surface area (Å²) in [4.78, 5) is 0. The molecule has 0 radical (unpaired) electrons. The molecule has 0 bridgehead atoms. The van der Waals surface area contributed by atoms with E-state index in [0.717, 1.165) is 37.1 Å². The van der Waals surface area contributed by atoms with Gasteiger partial charge in [0.15, 0.2) is 0 Å². The van der Waals surface area contributed by atoms with Gasteiger partial charge in [-0.1, -0.05) is 23.7 Å². The Balaban J connectivity index is 2.30. The summed E-state index contributed by atoms with van der Waals surface area (Å²) in [5, 5.41) is 16.9. The highest BCUT2D eigenvalue weighted by atomic mass is 16.6. The molecule has 74 valence electrons. The lowest BCUT2D eigenvalue weighted by molar-refractivity contribution is 0.153. The van der Waals surface area contributed by atoms with Crippen molar-refractivity contribution in [2.75, 3.05) is 0 Å². The summed E-state index contributed by atoms with van der Waals surface area (Å²) < 4.78 is 4.56. The number of aliphatic hydroxyl groups excluding tert-OH is 1. The van der Waals surface area contributed by atoms with Crippen molar-refractivity contribution in [1.29, 1.82) is 0 Å². The van der Waals surface area contributed by atoms with E-state index in [4.69, 9.17) is 0 Å². The van der Waals surface area contributed by atoms with Crippen LogP contribution in [0.3, 0.4) is 0 Å². The van der Waals surface area contributed by atoms with Crippen molar-refractivity contribution >= 4 is 0 Å². The lowest BCUT2D eigenvalue weighted by Crippen LogP contribution is -2.07. The van der Waals surface area contributed by atoms with Crippen LogP contribution in [-0.4, -0.2) is 21.5 Å². The molecule has 0 aliphatic heterocycles. The van der Waals surface area contributed by atoms with Crippen molar-refractivity contribution in [3.8, 4) is 0 Å². The van der Waals surface area contributed by atoms with Gasteiger partial charge >= 0.3 is 0 Å². The molecule has 4 heteroatoms. The molecule has 0 aliphatic rings. The summed E-state index contributed by atoms with van der Waals surface area (Å²) in [5.41, 5.74) is 1.68. The molecule has 1 heterocycles. The fraction of sp³-hybridized carbons (Fsp3) is 0.778. The minimum absolute atomic E-state index is 0.221. The molecule has 1 rings (SSSR count). The first-order valence-corrected chi connectivity index (χ1v) is 4.70. The SMILES string of the molecule is CCCC(O)CCc1nonc1C. The largest absolute Gasteiger partial charge is 0.393 e. The number of aromatic nitrogens is 2. The van der Waals surface area contributed by atoms with Crippen molar-refractivity contribution in [3.63, 3.8) is 0 Å². The predicted octanol–water partition coefficient (Wildman–Crippen LogP) is 1.47. The lowest BCUT2D eigenvalue weighted by Gasteiger charge is -2.06. The summed E-state index contributed by atoms with van der Waals surface area (Å²) in [6, 6.07) is 0. The third-order valence-electron chi connectivity index (χ3n) is 2.08. The lowest BCUT2D eigenvalue weighted by atomic mass is 10.1. The second kappa shape index (κ2) is 4.97. The molecule has 0 spiro atoms. The first-order valence-electron chi connectivity index (χ1n) is 4.70. The highest BCUT2D eigenvalue weighted by Gasteiger charge is 2.08. The maximum Gasteiger partial charge on any atom is 0.108 e. The van der Waals surface area contributed by atoms with Crippen LogP contribution in [0.1, 0.15) is 37.6 Å². The molecular formula is C9H16N2O2. The first-order chi connectivity index (χ1) is 6.24. The predicted molar refractivity (Wildman–Crippen MR) is 48.3 cm³/mol. The second-order valence-electron chi connectivity index (χ2n) is 3.28. The van der Waals surface area contributed by atoms with E-state index in [2.05, 4.69) is 21.9 Å². The zero-order chi connectivity index (χ0) is 9.68. The molecule has 0 amide bonds. The van der Waals surface area contributed by atoms with Gasteiger partial charge in [0.2, 0.25) is 0 Å². The van der Waals surface area contributed by atoms with E-state index in [1.165, 1.54) is 0 Å². The molecule has 1 unspecified atom stereocenters. The van der Waals surface area contributed by atoms with E-state index < -0.39 is 0 Å². The van der Waals surface area contributed by atoms with Crippen LogP contribution < -0.4 is 0 Å². The van der Waals surface area contributed by atoms with Crippen molar-refractivity contribution in [2.45, 2.75) is 45.6 Å². The maximum atomic E-state index is 9.46. The summed E-state index contributed by atoms with van der Waals surface area (Å²) >= 11 is 0. The Morgan fingerprint density at radius 3 is 2.69 bits per heavy atom. The van der Waals surface area contributed by atoms with Gasteiger partial charge < -0.3 is 5.11 Å². The Morgan fingerprint density at radius 1 is 1.38 bits per heavy atom. The van der Waals surface area contributed by atoms with Crippen LogP contribution in [-0.2, 0) is 6.42 Å². The van der Waals surface area contributed by atoms with E-state index in [1.54, 1.807) is 0 Å². The third-order valence-corrected chi connectivity index (χ3v) is 2.08. The maximum absolute atomic E-state index is 9.46. The minimum Gasteiger partial charge on any atom is -0.393 e. The van der Waals surface area contributed by atoms with Gasteiger partial charge in [0.05, 0.1) is 6.10 Å². The van der Waals surface area contributed by atoms with E-state index >= 15 is 0 Å². The number of hydrogen-bond donors (Lipinski definition) is 1. The molecule has 1 aromatic heterocycles. The van der Waals surface area contributed by atoms with E-state index in [9.17, 15) is 5.11 Å². The molecule has 0 saturated carbocycles. The zero-order valence-electron chi connectivity index (χ0n) is 8.16. The number of nitrogens with zero attached hydrogens (tertiary/aromatic N) is 2. The topological polar surface area (TPSA) is 59.2 Å². The highest BCUT2D eigenvalue weighted by molar-refractivity contribution is 5.04. The molecule has 0 aliphatic carbocycles. The van der Waals surface area contributed by atoms with E-state index in [0.29, 0.717) is 0 Å². The second-order valence-corrected chi connectivity index (χ2v) is 3.28. The Labute approximate surface area is 77.9 Å². The summed E-state index contributed by atoms with van der Waals surface area (Å²) in [5.74, 6) is 0. The van der Waals surface area contributed by atoms with Gasteiger partial charge in [0, 0.05) is 0 Å². The smallest absolute Gasteiger partial charge is 0.108 e. The van der Waals surface area contributed by atoms with Crippen LogP contribution in [0.5, 0.6) is 0 Å². The fourth-order valence-corrected chi connectivity index (χ4v) is 1.26. The molecule has 0 aromatic carbocycles. The number of rotatable bonds is 5. The summed E-state index contributed by atoms with van der Waals surface area (Å²) in [6.45, 7) is 3.92. The van der Waals surface area contributed by atoms with Gasteiger partial charge in [0.25, 0.3) is 0 Å². The van der Waals surface area contributed by atoms with Crippen molar-refractivity contribution in [2.24, 2.45) is 0 Å². The Morgan fingerprint density at radius 2 is 2.15 bits per heavy atom. The molecule has 4 nitrogen and oxygen atoms in total. The van der Waals surface area contributed by atoms with Crippen LogP contribution in [0.25, 0.3) is 0 Å². The number of hydrogen-bond acceptors (Lipinski definition) is 4. The summed E-state index contributed by atoms with van der Waals surface area (Å²) in [6.07, 6.45) is 3.13. The van der Waals surface area contributed by atoms with Gasteiger partial charge in [-0.3, -0.25) is 0 Å². The summed E-state index contributed by atoms with van der Waals surface area (Å²) in [7, 11) is 0. The van der Waals surface area contributed by atoms with Crippen LogP contribution in [0.2, 0.25) is 0 Å². The zero-order valence-corrected chi connectivity index (χ0v) is 8.16. The highest BCUT2D eigenvalue weighted by Crippen LogP contribution is 2.08. The van der Waals surface area contributed by atoms with Crippen molar-refractivity contribution in [1.82, 2.24) is 10.3 Å². The van der Waals surface area contributed by atoms with Crippen molar-refractivity contribution in [3.05, 3.63) is 11.4 Å².